The monoisotopic (exact) mass is 570 g/mol. The van der Waals surface area contributed by atoms with Crippen LogP contribution in [0.15, 0.2) is 61.1 Å². The average molecular weight is 571 g/mol. The number of imidazole rings is 1. The molecule has 0 unspecified atom stereocenters. The van der Waals surface area contributed by atoms with Gasteiger partial charge in [0.05, 0.1) is 43.7 Å². The minimum Gasteiger partial charge on any atom is -0.492 e. The summed E-state index contributed by atoms with van der Waals surface area (Å²) >= 11 is 0. The molecule has 1 fully saturated rings. The van der Waals surface area contributed by atoms with Crippen LogP contribution in [0.1, 0.15) is 42.4 Å². The summed E-state index contributed by atoms with van der Waals surface area (Å²) < 4.78 is 19.2. The number of hydrogen-bond donors (Lipinski definition) is 1. The molecule has 0 radical (unpaired) electrons. The molecular weight excluding hydrogens is 532 g/mol. The van der Waals surface area contributed by atoms with Gasteiger partial charge in [0.25, 0.3) is 11.7 Å². The van der Waals surface area contributed by atoms with E-state index in [1.54, 1.807) is 25.6 Å². The molecule has 1 aliphatic heterocycles. The van der Waals surface area contributed by atoms with Crippen molar-refractivity contribution in [1.82, 2.24) is 14.5 Å². The average Bonchev–Trinajstić information content (AvgIpc) is 3.42. The Balaban J connectivity index is 1.42. The number of amides is 1. The number of morpholine rings is 1. The minimum absolute atomic E-state index is 0.228. The molecule has 42 heavy (non-hydrogen) atoms. The van der Waals surface area contributed by atoms with Crippen LogP contribution in [0.4, 0.5) is 5.69 Å². The van der Waals surface area contributed by atoms with Crippen LogP contribution in [0, 0.1) is 6.92 Å². The zero-order valence-electron chi connectivity index (χ0n) is 24.9. The van der Waals surface area contributed by atoms with E-state index in [2.05, 4.69) is 36.0 Å². The summed E-state index contributed by atoms with van der Waals surface area (Å²) in [5, 5.41) is 4.28. The highest BCUT2D eigenvalue weighted by Crippen LogP contribution is 2.38. The highest BCUT2D eigenvalue weighted by molar-refractivity contribution is 6.48. The van der Waals surface area contributed by atoms with Gasteiger partial charge in [0.1, 0.15) is 12.4 Å². The number of rotatable bonds is 9. The van der Waals surface area contributed by atoms with Crippen molar-refractivity contribution >= 4 is 28.2 Å². The predicted octanol–water partition coefficient (Wildman–Crippen LogP) is 5.17. The predicted molar refractivity (Wildman–Crippen MR) is 163 cm³/mol. The van der Waals surface area contributed by atoms with Crippen LogP contribution in [0.2, 0.25) is 0 Å². The van der Waals surface area contributed by atoms with E-state index in [0.717, 1.165) is 55.2 Å². The number of aromatic nitrogens is 2. The number of ketones is 1. The first-order chi connectivity index (χ1) is 20.2. The minimum atomic E-state index is -0.752. The van der Waals surface area contributed by atoms with Gasteiger partial charge in [-0.05, 0) is 47.6 Å². The molecule has 1 N–H and O–H groups in total. The second kappa shape index (κ2) is 12.3. The van der Waals surface area contributed by atoms with Crippen molar-refractivity contribution in [3.63, 3.8) is 0 Å². The molecule has 0 bridgehead atoms. The van der Waals surface area contributed by atoms with Gasteiger partial charge in [-0.15, -0.1) is 0 Å². The SMILES string of the molecule is COc1c(NC(=O)C(=O)c2ccc(OCCN3CCOCC3)c3ccccc23)cc(C(C)(C)C)cc1-n1cnc(C)c1. The maximum Gasteiger partial charge on any atom is 0.296 e. The summed E-state index contributed by atoms with van der Waals surface area (Å²) in [6.45, 7) is 12.7. The normalized spacial score (nSPS) is 14.1. The maximum absolute atomic E-state index is 13.6. The van der Waals surface area contributed by atoms with E-state index >= 15 is 0 Å². The van der Waals surface area contributed by atoms with Crippen molar-refractivity contribution in [1.29, 1.82) is 0 Å². The lowest BCUT2D eigenvalue weighted by Gasteiger charge is -2.26. The Hall–Kier alpha value is -4.21. The van der Waals surface area contributed by atoms with E-state index in [1.807, 2.05) is 54.1 Å². The van der Waals surface area contributed by atoms with Crippen LogP contribution in [-0.2, 0) is 14.9 Å². The van der Waals surface area contributed by atoms with Crippen LogP contribution in [0.3, 0.4) is 0 Å². The Morgan fingerprint density at radius 3 is 2.45 bits per heavy atom. The lowest BCUT2D eigenvalue weighted by atomic mass is 9.86. The molecular formula is C33H38N4O5. The summed E-state index contributed by atoms with van der Waals surface area (Å²) in [6.07, 6.45) is 3.59. The number of nitrogens with zero attached hydrogens (tertiary/aromatic N) is 3. The van der Waals surface area contributed by atoms with E-state index in [1.165, 1.54) is 0 Å². The van der Waals surface area contributed by atoms with Crippen molar-refractivity contribution in [3.05, 3.63) is 77.9 Å². The number of fused-ring (bicyclic) bond motifs is 1. The van der Waals surface area contributed by atoms with Gasteiger partial charge in [-0.3, -0.25) is 14.5 Å². The molecule has 4 aromatic rings. The number of aryl methyl sites for hydroxylation is 1. The third-order valence-electron chi connectivity index (χ3n) is 7.48. The smallest absolute Gasteiger partial charge is 0.296 e. The van der Waals surface area contributed by atoms with E-state index in [9.17, 15) is 9.59 Å². The molecule has 1 aromatic heterocycles. The fraction of sp³-hybridized carbons (Fsp3) is 0.364. The number of hydrogen-bond acceptors (Lipinski definition) is 7. The Morgan fingerprint density at radius 1 is 1.05 bits per heavy atom. The zero-order chi connectivity index (χ0) is 29.9. The second-order valence-corrected chi connectivity index (χ2v) is 11.5. The topological polar surface area (TPSA) is 94.9 Å². The molecule has 0 saturated carbocycles. The number of nitrogens with one attached hydrogen (secondary N) is 1. The second-order valence-electron chi connectivity index (χ2n) is 11.5. The van der Waals surface area contributed by atoms with Crippen molar-refractivity contribution < 1.29 is 23.8 Å². The summed E-state index contributed by atoms with van der Waals surface area (Å²) in [5.41, 5.74) is 3.03. The molecule has 3 aromatic carbocycles. The third-order valence-corrected chi connectivity index (χ3v) is 7.48. The number of Topliss-reactive ketones (excluding diaryl/α,β-unsaturated/α-hetero) is 1. The number of ether oxygens (including phenoxy) is 3. The van der Waals surface area contributed by atoms with Crippen LogP contribution >= 0.6 is 0 Å². The quantitative estimate of drug-likeness (QED) is 0.219. The van der Waals surface area contributed by atoms with Gasteiger partial charge in [0.2, 0.25) is 0 Å². The molecule has 9 heteroatoms. The van der Waals surface area contributed by atoms with E-state index in [-0.39, 0.29) is 5.41 Å². The van der Waals surface area contributed by atoms with Crippen LogP contribution in [0.25, 0.3) is 16.5 Å². The molecule has 0 aliphatic carbocycles. The molecule has 9 nitrogen and oxygen atoms in total. The molecule has 220 valence electrons. The summed E-state index contributed by atoms with van der Waals surface area (Å²) in [4.78, 5) is 33.7. The fourth-order valence-electron chi connectivity index (χ4n) is 5.10. The van der Waals surface area contributed by atoms with Gasteiger partial charge >= 0.3 is 0 Å². The number of benzene rings is 3. The molecule has 5 rings (SSSR count). The fourth-order valence-corrected chi connectivity index (χ4v) is 5.10. The first-order valence-electron chi connectivity index (χ1n) is 14.2. The van der Waals surface area contributed by atoms with Gasteiger partial charge < -0.3 is 24.1 Å². The Bertz CT molecular complexity index is 1600. The summed E-state index contributed by atoms with van der Waals surface area (Å²) in [7, 11) is 1.54. The number of carbonyl (C=O) groups excluding carboxylic acids is 2. The Labute approximate surface area is 246 Å². The summed E-state index contributed by atoms with van der Waals surface area (Å²) in [6, 6.07) is 14.8. The molecule has 1 saturated heterocycles. The summed E-state index contributed by atoms with van der Waals surface area (Å²) in [5.74, 6) is -0.279. The van der Waals surface area contributed by atoms with Crippen molar-refractivity contribution in [2.75, 3.05) is 51.9 Å². The van der Waals surface area contributed by atoms with Crippen molar-refractivity contribution in [2.24, 2.45) is 0 Å². The lowest BCUT2D eigenvalue weighted by molar-refractivity contribution is -0.112. The Morgan fingerprint density at radius 2 is 1.79 bits per heavy atom. The van der Waals surface area contributed by atoms with Crippen LogP contribution in [-0.4, -0.2) is 72.7 Å². The van der Waals surface area contributed by atoms with E-state index < -0.39 is 11.7 Å². The number of anilines is 1. The van der Waals surface area contributed by atoms with Crippen molar-refractivity contribution in [2.45, 2.75) is 33.1 Å². The van der Waals surface area contributed by atoms with E-state index in [0.29, 0.717) is 34.7 Å². The largest absolute Gasteiger partial charge is 0.492 e. The zero-order valence-corrected chi connectivity index (χ0v) is 24.9. The highest BCUT2D eigenvalue weighted by Gasteiger charge is 2.25. The standard InChI is InChI=1S/C33H38N4O5/c1-22-20-37(21-34-22)28-19-23(33(2,3)4)18-27(31(28)40-5)35-32(39)30(38)26-10-11-29(25-9-7-6-8-24(25)26)42-17-14-36-12-15-41-16-13-36/h6-11,18-21H,12-17H2,1-5H3,(H,35,39). The van der Waals surface area contributed by atoms with Gasteiger partial charge in [-0.2, -0.15) is 0 Å². The van der Waals surface area contributed by atoms with Gasteiger partial charge in [-0.1, -0.05) is 45.0 Å². The first kappa shape index (κ1) is 29.3. The lowest BCUT2D eigenvalue weighted by Crippen LogP contribution is -2.38. The van der Waals surface area contributed by atoms with Gasteiger partial charge in [-0.25, -0.2) is 4.98 Å². The van der Waals surface area contributed by atoms with Gasteiger partial charge in [0.15, 0.2) is 5.75 Å². The first-order valence-corrected chi connectivity index (χ1v) is 14.2. The number of carbonyl (C=O) groups is 2. The molecule has 1 aliphatic rings. The molecule has 2 heterocycles. The number of methoxy groups -OCH3 is 1. The highest BCUT2D eigenvalue weighted by atomic mass is 16.5. The molecule has 0 atom stereocenters. The Kier molecular flexibility index (Phi) is 8.61. The van der Waals surface area contributed by atoms with Gasteiger partial charge in [0, 0.05) is 36.8 Å². The van der Waals surface area contributed by atoms with E-state index in [4.69, 9.17) is 14.2 Å². The molecule has 1 amide bonds. The van der Waals surface area contributed by atoms with Crippen molar-refractivity contribution in [3.8, 4) is 17.2 Å². The third kappa shape index (κ3) is 6.32. The maximum atomic E-state index is 13.6. The molecule has 0 spiro atoms. The van der Waals surface area contributed by atoms with Crippen LogP contribution in [0.5, 0.6) is 11.5 Å². The van der Waals surface area contributed by atoms with Crippen LogP contribution < -0.4 is 14.8 Å².